The maximum Gasteiger partial charge on any atom is 0.335 e. The third-order valence-corrected chi connectivity index (χ3v) is 4.78. The van der Waals surface area contributed by atoms with Gasteiger partial charge in [-0.2, -0.15) is 0 Å². The van der Waals surface area contributed by atoms with Gasteiger partial charge in [-0.05, 0) is 56.3 Å². The molecule has 0 aromatic heterocycles. The van der Waals surface area contributed by atoms with Gasteiger partial charge in [-0.15, -0.1) is 0 Å². The van der Waals surface area contributed by atoms with E-state index in [9.17, 15) is 14.4 Å². The number of rotatable bonds is 4. The maximum absolute atomic E-state index is 12.0. The van der Waals surface area contributed by atoms with E-state index in [0.717, 1.165) is 23.5 Å². The predicted molar refractivity (Wildman–Crippen MR) is 99.7 cm³/mol. The number of benzene rings is 1. The van der Waals surface area contributed by atoms with Gasteiger partial charge in [-0.1, -0.05) is 23.9 Å². The Kier molecular flexibility index (Phi) is 6.07. The minimum atomic E-state index is -1.01. The van der Waals surface area contributed by atoms with Crippen LogP contribution >= 0.6 is 23.5 Å². The zero-order chi connectivity index (χ0) is 18.6. The van der Waals surface area contributed by atoms with Crippen molar-refractivity contribution in [3.05, 3.63) is 41.1 Å². The lowest BCUT2D eigenvalue weighted by molar-refractivity contribution is -0.151. The van der Waals surface area contributed by atoms with Crippen molar-refractivity contribution in [3.63, 3.8) is 0 Å². The first kappa shape index (κ1) is 19.3. The van der Waals surface area contributed by atoms with E-state index in [2.05, 4.69) is 4.99 Å². The predicted octanol–water partition coefficient (Wildman–Crippen LogP) is 3.43. The number of esters is 1. The van der Waals surface area contributed by atoms with Crippen molar-refractivity contribution < 1.29 is 24.2 Å². The van der Waals surface area contributed by atoms with Crippen molar-refractivity contribution in [3.8, 4) is 0 Å². The summed E-state index contributed by atoms with van der Waals surface area (Å²) in [5.74, 6) is -1.29. The summed E-state index contributed by atoms with van der Waals surface area (Å²) < 4.78 is 5.70. The zero-order valence-corrected chi connectivity index (χ0v) is 15.6. The highest BCUT2D eigenvalue weighted by atomic mass is 32.2. The first-order chi connectivity index (χ1) is 11.6. The fourth-order valence-corrected chi connectivity index (χ4v) is 3.44. The van der Waals surface area contributed by atoms with Crippen LogP contribution in [0.5, 0.6) is 0 Å². The molecule has 132 valence electrons. The van der Waals surface area contributed by atoms with Gasteiger partial charge in [0.15, 0.2) is 0 Å². The van der Waals surface area contributed by atoms with E-state index in [0.29, 0.717) is 9.94 Å². The number of ether oxygens (including phenoxy) is 1. The molecule has 1 N–H and O–H groups in total. The number of hydrogen-bond acceptors (Lipinski definition) is 7. The van der Waals surface area contributed by atoms with Crippen LogP contribution in [0.25, 0.3) is 6.08 Å². The SMILES string of the molecule is CC(C)(C)OC(=O)CSC1=NC(=Cc2ccc(C(=O)O)cc2)C(=O)S1. The van der Waals surface area contributed by atoms with Crippen LogP contribution < -0.4 is 0 Å². The van der Waals surface area contributed by atoms with Gasteiger partial charge in [0.1, 0.15) is 15.7 Å². The number of thioether (sulfide) groups is 2. The number of aliphatic imine (C=N–C) groups is 1. The average Bonchev–Trinajstić information content (AvgIpc) is 2.84. The Labute approximate surface area is 153 Å². The van der Waals surface area contributed by atoms with Crippen molar-refractivity contribution in [2.75, 3.05) is 5.75 Å². The van der Waals surface area contributed by atoms with Gasteiger partial charge in [0, 0.05) is 0 Å². The van der Waals surface area contributed by atoms with Crippen LogP contribution in [-0.4, -0.2) is 37.9 Å². The first-order valence-corrected chi connectivity index (χ1v) is 9.15. The van der Waals surface area contributed by atoms with Crippen molar-refractivity contribution >= 4 is 51.0 Å². The summed E-state index contributed by atoms with van der Waals surface area (Å²) in [7, 11) is 0. The molecule has 0 fully saturated rings. The highest BCUT2D eigenvalue weighted by molar-refractivity contribution is 8.45. The molecule has 0 radical (unpaired) electrons. The molecule has 0 atom stereocenters. The van der Waals surface area contributed by atoms with Gasteiger partial charge in [0.2, 0.25) is 5.12 Å². The molecule has 8 heteroatoms. The van der Waals surface area contributed by atoms with E-state index in [4.69, 9.17) is 9.84 Å². The van der Waals surface area contributed by atoms with E-state index < -0.39 is 11.6 Å². The quantitative estimate of drug-likeness (QED) is 0.633. The lowest BCUT2D eigenvalue weighted by Crippen LogP contribution is -2.25. The Morgan fingerprint density at radius 3 is 2.48 bits per heavy atom. The molecule has 6 nitrogen and oxygen atoms in total. The van der Waals surface area contributed by atoms with Crippen molar-refractivity contribution in [2.24, 2.45) is 4.99 Å². The minimum Gasteiger partial charge on any atom is -0.478 e. The van der Waals surface area contributed by atoms with E-state index in [1.165, 1.54) is 12.1 Å². The Bertz CT molecular complexity index is 760. The molecule has 1 aliphatic heterocycles. The molecular formula is C17H17NO5S2. The standard InChI is InChI=1S/C17H17NO5S2/c1-17(2,3)23-13(19)9-24-16-18-12(15(22)25-16)8-10-4-6-11(7-5-10)14(20)21/h4-8H,9H2,1-3H3,(H,20,21). The maximum atomic E-state index is 12.0. The summed E-state index contributed by atoms with van der Waals surface area (Å²) in [6.07, 6.45) is 1.59. The largest absolute Gasteiger partial charge is 0.478 e. The normalized spacial score (nSPS) is 16.0. The highest BCUT2D eigenvalue weighted by Gasteiger charge is 2.24. The molecule has 0 spiro atoms. The molecule has 0 amide bonds. The summed E-state index contributed by atoms with van der Waals surface area (Å²) in [4.78, 5) is 38.7. The molecule has 1 aromatic carbocycles. The topological polar surface area (TPSA) is 93.0 Å². The fourth-order valence-electron chi connectivity index (χ4n) is 1.82. The number of hydrogen-bond donors (Lipinski definition) is 1. The first-order valence-electron chi connectivity index (χ1n) is 7.34. The van der Waals surface area contributed by atoms with Crippen molar-refractivity contribution in [1.29, 1.82) is 0 Å². The number of carbonyl (C=O) groups is 3. The minimum absolute atomic E-state index is 0.0803. The van der Waals surface area contributed by atoms with Crippen molar-refractivity contribution in [2.45, 2.75) is 26.4 Å². The Balaban J connectivity index is 2.01. The van der Waals surface area contributed by atoms with Gasteiger partial charge in [-0.25, -0.2) is 9.79 Å². The highest BCUT2D eigenvalue weighted by Crippen LogP contribution is 2.31. The monoisotopic (exact) mass is 379 g/mol. The molecule has 0 unspecified atom stereocenters. The summed E-state index contributed by atoms with van der Waals surface area (Å²) >= 11 is 2.12. The van der Waals surface area contributed by atoms with Gasteiger partial charge < -0.3 is 9.84 Å². The molecule has 0 aliphatic carbocycles. The molecule has 0 bridgehead atoms. The molecule has 25 heavy (non-hydrogen) atoms. The van der Waals surface area contributed by atoms with Crippen LogP contribution in [0.2, 0.25) is 0 Å². The molecule has 1 aromatic rings. The summed E-state index contributed by atoms with van der Waals surface area (Å²) in [5.41, 5.74) is 0.563. The van der Waals surface area contributed by atoms with E-state index in [1.54, 1.807) is 39.0 Å². The van der Waals surface area contributed by atoms with Gasteiger partial charge in [0.05, 0.1) is 11.3 Å². The number of carbonyl (C=O) groups excluding carboxylic acids is 2. The summed E-state index contributed by atoms with van der Waals surface area (Å²) in [6.45, 7) is 5.37. The molecular weight excluding hydrogens is 362 g/mol. The van der Waals surface area contributed by atoms with Crippen LogP contribution in [0.15, 0.2) is 35.0 Å². The fraction of sp³-hybridized carbons (Fsp3) is 0.294. The third kappa shape index (κ3) is 6.06. The Morgan fingerprint density at radius 2 is 1.92 bits per heavy atom. The second kappa shape index (κ2) is 7.88. The molecule has 2 rings (SSSR count). The summed E-state index contributed by atoms with van der Waals surface area (Å²) in [5, 5.41) is 8.66. The van der Waals surface area contributed by atoms with Gasteiger partial charge >= 0.3 is 11.9 Å². The second-order valence-electron chi connectivity index (χ2n) is 6.10. The molecule has 0 saturated heterocycles. The zero-order valence-electron chi connectivity index (χ0n) is 13.9. The average molecular weight is 379 g/mol. The number of carboxylic acids is 1. The van der Waals surface area contributed by atoms with Gasteiger partial charge in [-0.3, -0.25) is 9.59 Å². The smallest absolute Gasteiger partial charge is 0.335 e. The molecule has 1 aliphatic rings. The number of nitrogens with zero attached hydrogens (tertiary/aromatic N) is 1. The van der Waals surface area contributed by atoms with E-state index in [1.807, 2.05) is 0 Å². The molecule has 0 saturated carbocycles. The number of aromatic carboxylic acids is 1. The van der Waals surface area contributed by atoms with Crippen LogP contribution in [0.3, 0.4) is 0 Å². The third-order valence-electron chi connectivity index (χ3n) is 2.80. The lowest BCUT2D eigenvalue weighted by atomic mass is 10.1. The van der Waals surface area contributed by atoms with Crippen LogP contribution in [0.4, 0.5) is 0 Å². The number of carboxylic acid groups (broad SMARTS) is 1. The molecule has 1 heterocycles. The second-order valence-corrected chi connectivity index (χ2v) is 8.28. The van der Waals surface area contributed by atoms with Crippen LogP contribution in [-0.2, 0) is 14.3 Å². The lowest BCUT2D eigenvalue weighted by Gasteiger charge is -2.19. The Hall–Kier alpha value is -2.06. The summed E-state index contributed by atoms with van der Waals surface area (Å²) in [6, 6.07) is 6.14. The van der Waals surface area contributed by atoms with E-state index >= 15 is 0 Å². The van der Waals surface area contributed by atoms with E-state index in [-0.39, 0.29) is 28.1 Å². The Morgan fingerprint density at radius 1 is 1.28 bits per heavy atom. The van der Waals surface area contributed by atoms with Crippen LogP contribution in [0, 0.1) is 0 Å². The van der Waals surface area contributed by atoms with Gasteiger partial charge in [0.25, 0.3) is 0 Å². The van der Waals surface area contributed by atoms with Crippen molar-refractivity contribution in [1.82, 2.24) is 0 Å². The van der Waals surface area contributed by atoms with Crippen LogP contribution in [0.1, 0.15) is 36.7 Å².